The van der Waals surface area contributed by atoms with Crippen LogP contribution in [-0.4, -0.2) is 26.1 Å². The average molecular weight is 1000 g/mol. The van der Waals surface area contributed by atoms with Gasteiger partial charge in [-0.25, -0.2) is 9.97 Å². The smallest absolute Gasteiger partial charge is 0.227 e. The van der Waals surface area contributed by atoms with Crippen molar-refractivity contribution in [3.63, 3.8) is 0 Å². The minimum absolute atomic E-state index is 0.0158. The Labute approximate surface area is 440 Å². The van der Waals surface area contributed by atoms with Gasteiger partial charge in [-0.3, -0.25) is 4.90 Å². The van der Waals surface area contributed by atoms with Crippen LogP contribution in [0.25, 0.3) is 33.2 Å². The molecule has 3 aromatic heterocycles. The molecule has 0 fully saturated rings. The summed E-state index contributed by atoms with van der Waals surface area (Å²) in [7, 11) is -3.20. The Morgan fingerprint density at radius 3 is 1.50 bits per heavy atom. The Kier molecular flexibility index (Phi) is 11.9. The number of fused-ring (bicyclic) bond motifs is 7. The summed E-state index contributed by atoms with van der Waals surface area (Å²) in [6.45, 7) is 28.0. The molecule has 0 N–H and O–H groups in total. The second-order valence-corrected chi connectivity index (χ2v) is 34.6. The predicted octanol–water partition coefficient (Wildman–Crippen LogP) is 17.4. The van der Waals surface area contributed by atoms with Crippen LogP contribution < -0.4 is 20.2 Å². The standard InChI is InChI=1S/C67H68N4OSi2/c1-65(2,3)45-25-28-49(29-26-45)70(50-30-35-53(36-31-50)73(7,8)9)52-34-39-55-57(42-52)67(46-20-15-13-16-21-46,47-22-17-14-18-23-47)58-43-59(62-56-24-19-41-68-64(56)72-63(62)61(55)58)71(51-32-37-54(38-33-51)74(10,11)12)60-40-27-48(44-69-60)66(4,5)6/h13-44H,1-12H3. The maximum Gasteiger partial charge on any atom is 0.227 e. The molecule has 5 nitrogen and oxygen atoms in total. The molecule has 0 unspecified atom stereocenters. The van der Waals surface area contributed by atoms with E-state index in [-0.39, 0.29) is 10.8 Å². The number of furan rings is 1. The first-order valence-electron chi connectivity index (χ1n) is 26.2. The third-order valence-electron chi connectivity index (χ3n) is 15.3. The normalized spacial score (nSPS) is 13.5. The van der Waals surface area contributed by atoms with Crippen molar-refractivity contribution in [2.45, 2.75) is 97.1 Å². The SMILES string of the molecule is CC(C)(C)c1ccc(N(c2ccc([Si](C)(C)C)cc2)c2ccc3c(c2)C(c2ccccc2)(c2ccccc2)c2cc(N(c4ccc([Si](C)(C)C)cc4)c4ccc(C(C)(C)C)cn4)c4c(oc5ncccc54)c2-3)cc1. The summed E-state index contributed by atoms with van der Waals surface area (Å²) >= 11 is 0. The highest BCUT2D eigenvalue weighted by molar-refractivity contribution is 6.89. The van der Waals surface area contributed by atoms with Crippen LogP contribution in [-0.2, 0) is 16.2 Å². The van der Waals surface area contributed by atoms with Gasteiger partial charge in [0.05, 0.1) is 38.0 Å². The van der Waals surface area contributed by atoms with Crippen molar-refractivity contribution in [1.82, 2.24) is 9.97 Å². The predicted molar refractivity (Wildman–Crippen MR) is 319 cm³/mol. The summed E-state index contributed by atoms with van der Waals surface area (Å²) in [5.74, 6) is 0.828. The average Bonchev–Trinajstić information content (AvgIpc) is 3.96. The molecule has 7 aromatic carbocycles. The summed E-state index contributed by atoms with van der Waals surface area (Å²) in [5, 5.41) is 4.79. The number of hydrogen-bond donors (Lipinski definition) is 0. The molecule has 0 amide bonds. The number of anilines is 6. The Balaban J connectivity index is 1.25. The molecule has 0 aliphatic heterocycles. The highest BCUT2D eigenvalue weighted by Gasteiger charge is 2.49. The molecule has 74 heavy (non-hydrogen) atoms. The van der Waals surface area contributed by atoms with E-state index in [4.69, 9.17) is 14.4 Å². The highest BCUT2D eigenvalue weighted by atomic mass is 28.3. The van der Waals surface area contributed by atoms with Gasteiger partial charge in [-0.1, -0.05) is 200 Å². The molecule has 0 saturated carbocycles. The fraction of sp³-hybridized carbons (Fsp3) is 0.224. The molecule has 0 atom stereocenters. The summed E-state index contributed by atoms with van der Waals surface area (Å²) in [6.07, 6.45) is 3.89. The van der Waals surface area contributed by atoms with Gasteiger partial charge in [-0.15, -0.1) is 0 Å². The Morgan fingerprint density at radius 2 is 0.986 bits per heavy atom. The Bertz CT molecular complexity index is 3520. The highest BCUT2D eigenvalue weighted by Crippen LogP contribution is 2.61. The summed E-state index contributed by atoms with van der Waals surface area (Å²) in [4.78, 5) is 15.1. The van der Waals surface area contributed by atoms with Crippen LogP contribution in [0.4, 0.5) is 34.3 Å². The topological polar surface area (TPSA) is 45.4 Å². The lowest BCUT2D eigenvalue weighted by Gasteiger charge is -2.36. The number of hydrogen-bond acceptors (Lipinski definition) is 5. The largest absolute Gasteiger partial charge is 0.437 e. The second-order valence-electron chi connectivity index (χ2n) is 24.4. The molecule has 10 aromatic rings. The molecule has 1 aliphatic rings. The molecule has 0 radical (unpaired) electrons. The zero-order chi connectivity index (χ0) is 52.0. The number of benzene rings is 7. The lowest BCUT2D eigenvalue weighted by atomic mass is 9.67. The van der Waals surface area contributed by atoms with Crippen LogP contribution in [0.3, 0.4) is 0 Å². The first kappa shape index (κ1) is 48.9. The second kappa shape index (κ2) is 18.0. The molecule has 7 heteroatoms. The first-order chi connectivity index (χ1) is 35.2. The molecule has 370 valence electrons. The molecule has 0 bridgehead atoms. The van der Waals surface area contributed by atoms with Crippen molar-refractivity contribution in [2.75, 3.05) is 9.80 Å². The fourth-order valence-electron chi connectivity index (χ4n) is 11.2. The monoisotopic (exact) mass is 1000 g/mol. The van der Waals surface area contributed by atoms with E-state index in [1.54, 1.807) is 0 Å². The number of rotatable bonds is 10. The van der Waals surface area contributed by atoms with Gasteiger partial charge in [0.1, 0.15) is 11.4 Å². The van der Waals surface area contributed by atoms with E-state index in [1.807, 2.05) is 12.3 Å². The third kappa shape index (κ3) is 8.40. The van der Waals surface area contributed by atoms with Gasteiger partial charge in [-0.2, -0.15) is 0 Å². The van der Waals surface area contributed by atoms with Crippen molar-refractivity contribution in [2.24, 2.45) is 0 Å². The van der Waals surface area contributed by atoms with E-state index in [2.05, 4.69) is 273 Å². The van der Waals surface area contributed by atoms with Crippen molar-refractivity contribution < 1.29 is 4.42 Å². The van der Waals surface area contributed by atoms with E-state index >= 15 is 0 Å². The minimum Gasteiger partial charge on any atom is -0.437 e. The molecule has 0 saturated heterocycles. The zero-order valence-electron chi connectivity index (χ0n) is 45.2. The van der Waals surface area contributed by atoms with E-state index in [0.717, 1.165) is 67.3 Å². The van der Waals surface area contributed by atoms with Gasteiger partial charge in [-0.05, 0) is 123 Å². The van der Waals surface area contributed by atoms with Gasteiger partial charge in [0.25, 0.3) is 0 Å². The molecular formula is C67H68N4OSi2. The van der Waals surface area contributed by atoms with Crippen molar-refractivity contribution in [3.8, 4) is 11.1 Å². The summed E-state index contributed by atoms with van der Waals surface area (Å²) < 4.78 is 7.24. The number of pyridine rings is 2. The van der Waals surface area contributed by atoms with Crippen LogP contribution in [0.2, 0.25) is 39.3 Å². The molecule has 11 rings (SSSR count). The summed E-state index contributed by atoms with van der Waals surface area (Å²) in [6, 6.07) is 68.1. The maximum absolute atomic E-state index is 7.24. The molecule has 3 heterocycles. The van der Waals surface area contributed by atoms with E-state index < -0.39 is 21.6 Å². The van der Waals surface area contributed by atoms with E-state index in [0.29, 0.717) is 5.71 Å². The van der Waals surface area contributed by atoms with Crippen LogP contribution in [0.1, 0.15) is 74.9 Å². The first-order valence-corrected chi connectivity index (χ1v) is 33.2. The maximum atomic E-state index is 7.24. The van der Waals surface area contributed by atoms with Gasteiger partial charge in [0.2, 0.25) is 5.71 Å². The van der Waals surface area contributed by atoms with Crippen LogP contribution in [0, 0.1) is 0 Å². The zero-order valence-corrected chi connectivity index (χ0v) is 47.2. The van der Waals surface area contributed by atoms with Crippen molar-refractivity contribution in [1.29, 1.82) is 0 Å². The number of aromatic nitrogens is 2. The third-order valence-corrected chi connectivity index (χ3v) is 19.4. The van der Waals surface area contributed by atoms with Crippen molar-refractivity contribution in [3.05, 3.63) is 228 Å². The lowest BCUT2D eigenvalue weighted by molar-refractivity contribution is 0.587. The quantitative estimate of drug-likeness (QED) is 0.128. The van der Waals surface area contributed by atoms with Crippen LogP contribution >= 0.6 is 0 Å². The van der Waals surface area contributed by atoms with Gasteiger partial charge >= 0.3 is 0 Å². The molecule has 0 spiro atoms. The minimum atomic E-state index is -1.63. The Hall–Kier alpha value is -7.33. The molecule has 1 aliphatic carbocycles. The fourth-order valence-corrected chi connectivity index (χ4v) is 13.5. The van der Waals surface area contributed by atoms with E-state index in [1.165, 1.54) is 38.2 Å². The molecular weight excluding hydrogens is 933 g/mol. The van der Waals surface area contributed by atoms with Crippen molar-refractivity contribution >= 4 is 82.8 Å². The Morgan fingerprint density at radius 1 is 0.473 bits per heavy atom. The van der Waals surface area contributed by atoms with Gasteiger partial charge in [0.15, 0.2) is 0 Å². The van der Waals surface area contributed by atoms with E-state index in [9.17, 15) is 0 Å². The summed E-state index contributed by atoms with van der Waals surface area (Å²) in [5.41, 5.74) is 15.2. The lowest BCUT2D eigenvalue weighted by Crippen LogP contribution is -2.37. The van der Waals surface area contributed by atoms with Crippen LogP contribution in [0.15, 0.2) is 199 Å². The van der Waals surface area contributed by atoms with Crippen LogP contribution in [0.5, 0.6) is 0 Å². The van der Waals surface area contributed by atoms with Gasteiger partial charge in [0, 0.05) is 40.7 Å². The van der Waals surface area contributed by atoms with Gasteiger partial charge < -0.3 is 9.32 Å². The number of nitrogens with zero attached hydrogens (tertiary/aromatic N) is 4.